The van der Waals surface area contributed by atoms with Crippen LogP contribution in [-0.4, -0.2) is 12.5 Å². The minimum Gasteiger partial charge on any atom is -0.330 e. The van der Waals surface area contributed by atoms with Gasteiger partial charge in [-0.1, -0.05) is 6.07 Å². The number of alkyl halides is 3. The quantitative estimate of drug-likeness (QED) is 0.899. The van der Waals surface area contributed by atoms with Crippen LogP contribution in [0.4, 0.5) is 18.9 Å². The summed E-state index contributed by atoms with van der Waals surface area (Å²) in [5, 5.41) is 2.59. The molecule has 0 saturated heterocycles. The van der Waals surface area contributed by atoms with Gasteiger partial charge in [-0.15, -0.1) is 0 Å². The van der Waals surface area contributed by atoms with Crippen molar-refractivity contribution in [2.45, 2.75) is 31.9 Å². The molecule has 1 aliphatic rings. The zero-order valence-electron chi connectivity index (χ0n) is 11.6. The molecule has 0 unspecified atom stereocenters. The fourth-order valence-electron chi connectivity index (χ4n) is 2.68. The van der Waals surface area contributed by atoms with Gasteiger partial charge in [0.25, 0.3) is 0 Å². The summed E-state index contributed by atoms with van der Waals surface area (Å²) >= 11 is 0. The molecule has 1 aromatic carbocycles. The molecule has 0 aliphatic heterocycles. The maximum Gasteiger partial charge on any atom is 0.416 e. The highest BCUT2D eigenvalue weighted by Crippen LogP contribution is 2.32. The average Bonchev–Trinajstić information content (AvgIpc) is 2.47. The third-order valence-electron chi connectivity index (χ3n) is 4.01. The van der Waals surface area contributed by atoms with Crippen LogP contribution in [-0.2, 0) is 11.0 Å². The predicted molar refractivity (Wildman–Crippen MR) is 74.6 cm³/mol. The molecule has 6 heteroatoms. The SMILES string of the molecule is NCC1CCC(C(=O)Nc2cccc(C(F)(F)F)c2)CC1. The number of rotatable bonds is 3. The van der Waals surface area contributed by atoms with Crippen LogP contribution >= 0.6 is 0 Å². The van der Waals surface area contributed by atoms with E-state index in [1.54, 1.807) is 0 Å². The third-order valence-corrected chi connectivity index (χ3v) is 4.01. The number of halogens is 3. The second-order valence-electron chi connectivity index (χ2n) is 5.52. The number of anilines is 1. The number of benzene rings is 1. The Hall–Kier alpha value is -1.56. The topological polar surface area (TPSA) is 55.1 Å². The van der Waals surface area contributed by atoms with Gasteiger partial charge in [-0.05, 0) is 56.3 Å². The van der Waals surface area contributed by atoms with Crippen LogP contribution in [0.3, 0.4) is 0 Å². The number of carbonyl (C=O) groups is 1. The molecule has 0 radical (unpaired) electrons. The van der Waals surface area contributed by atoms with E-state index in [2.05, 4.69) is 5.32 Å². The van der Waals surface area contributed by atoms with Gasteiger partial charge in [0.15, 0.2) is 0 Å². The molecular weight excluding hydrogens is 281 g/mol. The Labute approximate surface area is 121 Å². The number of nitrogens with two attached hydrogens (primary N) is 1. The molecule has 0 atom stereocenters. The highest BCUT2D eigenvalue weighted by Gasteiger charge is 2.31. The van der Waals surface area contributed by atoms with E-state index < -0.39 is 11.7 Å². The normalized spacial score (nSPS) is 22.9. The van der Waals surface area contributed by atoms with Crippen molar-refractivity contribution < 1.29 is 18.0 Å². The van der Waals surface area contributed by atoms with Gasteiger partial charge in [-0.3, -0.25) is 4.79 Å². The fraction of sp³-hybridized carbons (Fsp3) is 0.533. The molecule has 1 aliphatic carbocycles. The number of hydrogen-bond acceptors (Lipinski definition) is 2. The molecule has 1 saturated carbocycles. The highest BCUT2D eigenvalue weighted by atomic mass is 19.4. The lowest BCUT2D eigenvalue weighted by atomic mass is 9.81. The largest absolute Gasteiger partial charge is 0.416 e. The lowest BCUT2D eigenvalue weighted by molar-refractivity contribution is -0.137. The van der Waals surface area contributed by atoms with E-state index in [1.807, 2.05) is 0 Å². The van der Waals surface area contributed by atoms with Gasteiger partial charge >= 0.3 is 6.18 Å². The Bertz CT molecular complexity index is 494. The maximum absolute atomic E-state index is 12.6. The summed E-state index contributed by atoms with van der Waals surface area (Å²) in [6, 6.07) is 4.72. The van der Waals surface area contributed by atoms with E-state index in [1.165, 1.54) is 12.1 Å². The predicted octanol–water partition coefficient (Wildman–Crippen LogP) is 3.41. The molecule has 116 valence electrons. The van der Waals surface area contributed by atoms with Gasteiger partial charge in [-0.2, -0.15) is 13.2 Å². The molecule has 3 nitrogen and oxygen atoms in total. The van der Waals surface area contributed by atoms with Crippen molar-refractivity contribution >= 4 is 11.6 Å². The van der Waals surface area contributed by atoms with Crippen molar-refractivity contribution in [2.24, 2.45) is 17.6 Å². The molecular formula is C15H19F3N2O. The van der Waals surface area contributed by atoms with Crippen molar-refractivity contribution in [3.8, 4) is 0 Å². The zero-order valence-corrected chi connectivity index (χ0v) is 11.6. The summed E-state index contributed by atoms with van der Waals surface area (Å²) in [4.78, 5) is 12.1. The number of nitrogens with one attached hydrogen (secondary N) is 1. The highest BCUT2D eigenvalue weighted by molar-refractivity contribution is 5.92. The summed E-state index contributed by atoms with van der Waals surface area (Å²) in [5.74, 6) is 0.120. The van der Waals surface area contributed by atoms with Crippen LogP contribution in [0.1, 0.15) is 31.2 Å². The van der Waals surface area contributed by atoms with Crippen LogP contribution in [0.2, 0.25) is 0 Å². The minimum atomic E-state index is -4.40. The number of amides is 1. The van der Waals surface area contributed by atoms with Crippen molar-refractivity contribution in [3.63, 3.8) is 0 Å². The first-order chi connectivity index (χ1) is 9.90. The number of hydrogen-bond donors (Lipinski definition) is 2. The van der Waals surface area contributed by atoms with Crippen LogP contribution in [0, 0.1) is 11.8 Å². The van der Waals surface area contributed by atoms with Gasteiger partial charge in [0.05, 0.1) is 5.56 Å². The lowest BCUT2D eigenvalue weighted by Crippen LogP contribution is -2.29. The molecule has 0 spiro atoms. The Morgan fingerprint density at radius 1 is 1.24 bits per heavy atom. The van der Waals surface area contributed by atoms with Crippen molar-refractivity contribution in [2.75, 3.05) is 11.9 Å². The van der Waals surface area contributed by atoms with Crippen LogP contribution < -0.4 is 11.1 Å². The van der Waals surface area contributed by atoms with Crippen molar-refractivity contribution in [1.29, 1.82) is 0 Å². The van der Waals surface area contributed by atoms with E-state index in [9.17, 15) is 18.0 Å². The summed E-state index contributed by atoms with van der Waals surface area (Å²) in [5.41, 5.74) is 5.03. The molecule has 1 amide bonds. The first-order valence-corrected chi connectivity index (χ1v) is 7.08. The molecule has 0 heterocycles. The molecule has 0 bridgehead atoms. The first kappa shape index (κ1) is 15.8. The Balaban J connectivity index is 1.97. The first-order valence-electron chi connectivity index (χ1n) is 7.08. The van der Waals surface area contributed by atoms with Crippen LogP contribution in [0.15, 0.2) is 24.3 Å². The Morgan fingerprint density at radius 3 is 2.48 bits per heavy atom. The van der Waals surface area contributed by atoms with E-state index in [0.29, 0.717) is 12.5 Å². The van der Waals surface area contributed by atoms with E-state index in [-0.39, 0.29) is 17.5 Å². The van der Waals surface area contributed by atoms with Gasteiger partial charge in [0, 0.05) is 11.6 Å². The van der Waals surface area contributed by atoms with Gasteiger partial charge in [0.2, 0.25) is 5.91 Å². The van der Waals surface area contributed by atoms with E-state index in [0.717, 1.165) is 37.8 Å². The minimum absolute atomic E-state index is 0.137. The van der Waals surface area contributed by atoms with Crippen molar-refractivity contribution in [1.82, 2.24) is 0 Å². The summed E-state index contributed by atoms with van der Waals surface area (Å²) < 4.78 is 37.9. The van der Waals surface area contributed by atoms with Crippen LogP contribution in [0.25, 0.3) is 0 Å². The molecule has 0 aromatic heterocycles. The summed E-state index contributed by atoms with van der Waals surface area (Å²) in [6.07, 6.45) is -1.12. The van der Waals surface area contributed by atoms with E-state index in [4.69, 9.17) is 5.73 Å². The number of carbonyl (C=O) groups excluding carboxylic acids is 1. The second kappa shape index (κ2) is 6.47. The second-order valence-corrected chi connectivity index (χ2v) is 5.52. The van der Waals surface area contributed by atoms with Crippen molar-refractivity contribution in [3.05, 3.63) is 29.8 Å². The van der Waals surface area contributed by atoms with Gasteiger partial charge < -0.3 is 11.1 Å². The molecule has 21 heavy (non-hydrogen) atoms. The Morgan fingerprint density at radius 2 is 1.90 bits per heavy atom. The molecule has 1 fully saturated rings. The fourth-order valence-corrected chi connectivity index (χ4v) is 2.68. The van der Waals surface area contributed by atoms with E-state index >= 15 is 0 Å². The Kier molecular flexibility index (Phi) is 4.88. The van der Waals surface area contributed by atoms with Gasteiger partial charge in [0.1, 0.15) is 0 Å². The lowest BCUT2D eigenvalue weighted by Gasteiger charge is -2.26. The van der Waals surface area contributed by atoms with Gasteiger partial charge in [-0.25, -0.2) is 0 Å². The molecule has 1 aromatic rings. The average molecular weight is 300 g/mol. The molecule has 2 rings (SSSR count). The third kappa shape index (κ3) is 4.20. The molecule has 3 N–H and O–H groups in total. The monoisotopic (exact) mass is 300 g/mol. The maximum atomic E-state index is 12.6. The standard InChI is InChI=1S/C15H19F3N2O/c16-15(17,18)12-2-1-3-13(8-12)20-14(21)11-6-4-10(9-19)5-7-11/h1-3,8,10-11H,4-7,9,19H2,(H,20,21). The zero-order chi connectivity index (χ0) is 15.5. The van der Waals surface area contributed by atoms with Crippen LogP contribution in [0.5, 0.6) is 0 Å². The summed E-state index contributed by atoms with van der Waals surface area (Å²) in [7, 11) is 0. The smallest absolute Gasteiger partial charge is 0.330 e. The summed E-state index contributed by atoms with van der Waals surface area (Å²) in [6.45, 7) is 0.627.